The van der Waals surface area contributed by atoms with Crippen LogP contribution in [0.2, 0.25) is 0 Å². The summed E-state index contributed by atoms with van der Waals surface area (Å²) in [5.41, 5.74) is 0. The quantitative estimate of drug-likeness (QED) is 0.622. The monoisotopic (exact) mass is 176 g/mol. The van der Waals surface area contributed by atoms with E-state index in [1.807, 2.05) is 6.92 Å². The van der Waals surface area contributed by atoms with Crippen LogP contribution in [0, 0.1) is 0 Å². The van der Waals surface area contributed by atoms with Crippen molar-refractivity contribution in [1.29, 1.82) is 0 Å². The maximum absolute atomic E-state index is 10.6. The fourth-order valence-electron chi connectivity index (χ4n) is 0.566. The largest absolute Gasteiger partial charge is 0.259 e. The molecule has 0 amide bonds. The van der Waals surface area contributed by atoms with Crippen LogP contribution in [0.15, 0.2) is 11.2 Å². The standard InChI is InChI=1S/C4H8N4O2S/c1-2-8-3-4(6-7-8)11(5,9)10/h3H,2H2,1H3,(H2,5,9,10). The zero-order valence-electron chi connectivity index (χ0n) is 5.93. The first-order chi connectivity index (χ1) is 5.04. The van der Waals surface area contributed by atoms with Crippen molar-refractivity contribution in [2.24, 2.45) is 5.14 Å². The van der Waals surface area contributed by atoms with Crippen molar-refractivity contribution >= 4 is 10.0 Å². The lowest BCUT2D eigenvalue weighted by Gasteiger charge is -1.87. The molecule has 1 aromatic heterocycles. The minimum atomic E-state index is -3.69. The minimum Gasteiger partial charge on any atom is -0.251 e. The van der Waals surface area contributed by atoms with Gasteiger partial charge in [0, 0.05) is 6.54 Å². The molecule has 0 aromatic carbocycles. The van der Waals surface area contributed by atoms with Crippen molar-refractivity contribution < 1.29 is 8.42 Å². The number of nitrogens with two attached hydrogens (primary N) is 1. The second-order valence-corrected chi connectivity index (χ2v) is 3.47. The van der Waals surface area contributed by atoms with Crippen LogP contribution in [-0.2, 0) is 16.6 Å². The highest BCUT2D eigenvalue weighted by Gasteiger charge is 2.11. The summed E-state index contributed by atoms with van der Waals surface area (Å²) >= 11 is 0. The van der Waals surface area contributed by atoms with E-state index in [2.05, 4.69) is 10.3 Å². The van der Waals surface area contributed by atoms with Crippen LogP contribution in [-0.4, -0.2) is 23.4 Å². The summed E-state index contributed by atoms with van der Waals surface area (Å²) < 4.78 is 22.6. The van der Waals surface area contributed by atoms with Gasteiger partial charge in [-0.15, -0.1) is 5.10 Å². The molecule has 0 saturated carbocycles. The fraction of sp³-hybridized carbons (Fsp3) is 0.500. The Morgan fingerprint density at radius 3 is 2.64 bits per heavy atom. The Morgan fingerprint density at radius 2 is 2.36 bits per heavy atom. The van der Waals surface area contributed by atoms with Crippen molar-refractivity contribution in [3.05, 3.63) is 6.20 Å². The SMILES string of the molecule is CCn1cc(S(N)(=O)=O)nn1. The second kappa shape index (κ2) is 2.59. The zero-order valence-corrected chi connectivity index (χ0v) is 6.74. The van der Waals surface area contributed by atoms with Gasteiger partial charge in [-0.3, -0.25) is 4.68 Å². The normalized spacial score (nSPS) is 11.8. The Morgan fingerprint density at radius 1 is 1.73 bits per heavy atom. The molecule has 1 rings (SSSR count). The Balaban J connectivity index is 3.09. The first kappa shape index (κ1) is 8.15. The molecule has 0 unspecified atom stereocenters. The van der Waals surface area contributed by atoms with Crippen LogP contribution in [0.25, 0.3) is 0 Å². The zero-order chi connectivity index (χ0) is 8.48. The Labute approximate surface area is 64.1 Å². The highest BCUT2D eigenvalue weighted by Crippen LogP contribution is 1.98. The van der Waals surface area contributed by atoms with E-state index in [1.165, 1.54) is 10.9 Å². The number of aryl methyl sites for hydroxylation is 1. The predicted octanol–water partition coefficient (Wildman–Crippen LogP) is -1.05. The van der Waals surface area contributed by atoms with Crippen molar-refractivity contribution in [3.8, 4) is 0 Å². The van der Waals surface area contributed by atoms with Gasteiger partial charge in [-0.05, 0) is 6.92 Å². The van der Waals surface area contributed by atoms with Gasteiger partial charge in [0.15, 0.2) is 0 Å². The van der Waals surface area contributed by atoms with E-state index in [0.717, 1.165) is 0 Å². The van der Waals surface area contributed by atoms with Gasteiger partial charge < -0.3 is 0 Å². The maximum atomic E-state index is 10.6. The highest BCUT2D eigenvalue weighted by atomic mass is 32.2. The topological polar surface area (TPSA) is 90.9 Å². The van der Waals surface area contributed by atoms with Crippen LogP contribution in [0.3, 0.4) is 0 Å². The number of hydrogen-bond acceptors (Lipinski definition) is 4. The minimum absolute atomic E-state index is 0.195. The summed E-state index contributed by atoms with van der Waals surface area (Å²) in [6.07, 6.45) is 1.29. The Kier molecular flexibility index (Phi) is 1.92. The molecule has 0 aliphatic heterocycles. The van der Waals surface area contributed by atoms with Crippen LogP contribution >= 0.6 is 0 Å². The molecular weight excluding hydrogens is 168 g/mol. The van der Waals surface area contributed by atoms with E-state index in [1.54, 1.807) is 0 Å². The van der Waals surface area contributed by atoms with Gasteiger partial charge in [-0.1, -0.05) is 5.21 Å². The predicted molar refractivity (Wildman–Crippen MR) is 37.1 cm³/mol. The van der Waals surface area contributed by atoms with Crippen molar-refractivity contribution in [3.63, 3.8) is 0 Å². The van der Waals surface area contributed by atoms with Crippen LogP contribution in [0.5, 0.6) is 0 Å². The van der Waals surface area contributed by atoms with Crippen molar-refractivity contribution in [2.75, 3.05) is 0 Å². The molecule has 0 radical (unpaired) electrons. The summed E-state index contributed by atoms with van der Waals surface area (Å²) in [7, 11) is -3.69. The van der Waals surface area contributed by atoms with Gasteiger partial charge in [-0.2, -0.15) is 0 Å². The first-order valence-corrected chi connectivity index (χ1v) is 4.51. The van der Waals surface area contributed by atoms with Gasteiger partial charge in [0.2, 0.25) is 5.03 Å². The van der Waals surface area contributed by atoms with Gasteiger partial charge in [0.1, 0.15) is 0 Å². The average molecular weight is 176 g/mol. The lowest BCUT2D eigenvalue weighted by molar-refractivity contribution is 0.593. The maximum Gasteiger partial charge on any atom is 0.259 e. The van der Waals surface area contributed by atoms with E-state index < -0.39 is 10.0 Å². The smallest absolute Gasteiger partial charge is 0.251 e. The average Bonchev–Trinajstić information content (AvgIpc) is 2.32. The lowest BCUT2D eigenvalue weighted by Crippen LogP contribution is -2.12. The molecule has 11 heavy (non-hydrogen) atoms. The highest BCUT2D eigenvalue weighted by molar-refractivity contribution is 7.89. The number of aromatic nitrogens is 3. The van der Waals surface area contributed by atoms with Crippen molar-refractivity contribution in [1.82, 2.24) is 15.0 Å². The Bertz CT molecular complexity index is 341. The molecule has 62 valence electrons. The summed E-state index contributed by atoms with van der Waals surface area (Å²) in [4.78, 5) is 0. The summed E-state index contributed by atoms with van der Waals surface area (Å²) in [5.74, 6) is 0. The van der Waals surface area contributed by atoms with Gasteiger partial charge in [-0.25, -0.2) is 13.6 Å². The molecular formula is C4H8N4O2S. The third kappa shape index (κ3) is 1.75. The lowest BCUT2D eigenvalue weighted by atomic mass is 10.7. The molecule has 7 heteroatoms. The number of nitrogens with zero attached hydrogens (tertiary/aromatic N) is 3. The van der Waals surface area contributed by atoms with E-state index in [9.17, 15) is 8.42 Å². The molecule has 0 aliphatic rings. The molecule has 0 fully saturated rings. The number of sulfonamides is 1. The van der Waals surface area contributed by atoms with E-state index in [4.69, 9.17) is 5.14 Å². The van der Waals surface area contributed by atoms with Crippen LogP contribution in [0.4, 0.5) is 0 Å². The second-order valence-electron chi connectivity index (χ2n) is 1.96. The van der Waals surface area contributed by atoms with Gasteiger partial charge in [0.25, 0.3) is 10.0 Å². The molecule has 2 N–H and O–H groups in total. The number of rotatable bonds is 2. The number of hydrogen-bond donors (Lipinski definition) is 1. The molecule has 6 nitrogen and oxygen atoms in total. The summed E-state index contributed by atoms with van der Waals surface area (Å²) in [6, 6.07) is 0. The molecule has 1 aromatic rings. The summed E-state index contributed by atoms with van der Waals surface area (Å²) in [5, 5.41) is 11.5. The third-order valence-electron chi connectivity index (χ3n) is 1.13. The Hall–Kier alpha value is -0.950. The molecule has 0 saturated heterocycles. The van der Waals surface area contributed by atoms with E-state index in [0.29, 0.717) is 6.54 Å². The summed E-state index contributed by atoms with van der Waals surface area (Å²) in [6.45, 7) is 2.39. The molecule has 1 heterocycles. The third-order valence-corrected chi connectivity index (χ3v) is 1.90. The molecule has 0 spiro atoms. The van der Waals surface area contributed by atoms with Gasteiger partial charge in [0.05, 0.1) is 6.20 Å². The first-order valence-electron chi connectivity index (χ1n) is 2.97. The van der Waals surface area contributed by atoms with Gasteiger partial charge >= 0.3 is 0 Å². The molecule has 0 atom stereocenters. The molecule has 0 aliphatic carbocycles. The van der Waals surface area contributed by atoms with Crippen molar-refractivity contribution in [2.45, 2.75) is 18.5 Å². The van der Waals surface area contributed by atoms with Crippen LogP contribution < -0.4 is 5.14 Å². The number of primary sulfonamides is 1. The molecule has 0 bridgehead atoms. The van der Waals surface area contributed by atoms with Crippen LogP contribution in [0.1, 0.15) is 6.92 Å². The van der Waals surface area contributed by atoms with E-state index in [-0.39, 0.29) is 5.03 Å². The van der Waals surface area contributed by atoms with E-state index >= 15 is 0 Å². The fourth-order valence-corrected chi connectivity index (χ4v) is 0.984.